The monoisotopic (exact) mass is 312 g/mol. The van der Waals surface area contributed by atoms with Crippen LogP contribution in [0.3, 0.4) is 0 Å². The summed E-state index contributed by atoms with van der Waals surface area (Å²) in [6, 6.07) is 9.51. The maximum absolute atomic E-state index is 11.6. The Morgan fingerprint density at radius 2 is 2.10 bits per heavy atom. The molecule has 2 rings (SSSR count). The molecule has 2 atom stereocenters. The van der Waals surface area contributed by atoms with Crippen molar-refractivity contribution in [2.45, 2.75) is 25.3 Å². The van der Waals surface area contributed by atoms with Gasteiger partial charge < -0.3 is 10.5 Å². The van der Waals surface area contributed by atoms with Crippen molar-refractivity contribution in [3.05, 3.63) is 30.3 Å². The van der Waals surface area contributed by atoms with Crippen LogP contribution in [0.5, 0.6) is 5.75 Å². The Morgan fingerprint density at radius 1 is 1.38 bits per heavy atom. The second-order valence-corrected chi connectivity index (χ2v) is 7.73. The molecule has 0 aromatic heterocycles. The van der Waals surface area contributed by atoms with Gasteiger partial charge in [0.05, 0.1) is 6.26 Å². The molecule has 1 heterocycles. The Hall–Kier alpha value is -1.11. The number of nitrogens with two attached hydrogens (primary N) is 1. The van der Waals surface area contributed by atoms with E-state index in [1.54, 1.807) is 4.31 Å². The highest BCUT2D eigenvalue weighted by Gasteiger charge is 2.26. The van der Waals surface area contributed by atoms with E-state index in [2.05, 4.69) is 0 Å². The van der Waals surface area contributed by atoms with E-state index in [0.717, 1.165) is 25.0 Å². The Kier molecular flexibility index (Phi) is 5.61. The molecule has 0 radical (unpaired) electrons. The van der Waals surface area contributed by atoms with Gasteiger partial charge in [0.2, 0.25) is 10.0 Å². The highest BCUT2D eigenvalue weighted by molar-refractivity contribution is 7.88. The summed E-state index contributed by atoms with van der Waals surface area (Å²) in [6.07, 6.45) is 4.00. The number of hydrogen-bond donors (Lipinski definition) is 1. The molecule has 118 valence electrons. The molecule has 0 aliphatic carbocycles. The maximum Gasteiger partial charge on any atom is 0.211 e. The molecule has 0 saturated carbocycles. The lowest BCUT2D eigenvalue weighted by Gasteiger charge is -2.32. The normalized spacial score (nSPS) is 21.9. The van der Waals surface area contributed by atoms with Crippen molar-refractivity contribution in [1.82, 2.24) is 4.31 Å². The van der Waals surface area contributed by atoms with Gasteiger partial charge in [-0.2, -0.15) is 0 Å². The average molecular weight is 312 g/mol. The van der Waals surface area contributed by atoms with E-state index in [4.69, 9.17) is 10.5 Å². The number of para-hydroxylation sites is 1. The zero-order valence-corrected chi connectivity index (χ0v) is 13.3. The van der Waals surface area contributed by atoms with Crippen LogP contribution in [0.15, 0.2) is 30.3 Å². The number of piperidine rings is 1. The first-order chi connectivity index (χ1) is 9.95. The fraction of sp³-hybridized carbons (Fsp3) is 0.600. The summed E-state index contributed by atoms with van der Waals surface area (Å²) in [5.41, 5.74) is 6.11. The van der Waals surface area contributed by atoms with Gasteiger partial charge in [-0.3, -0.25) is 0 Å². The van der Waals surface area contributed by atoms with Gasteiger partial charge in [0.25, 0.3) is 0 Å². The van der Waals surface area contributed by atoms with Crippen LogP contribution in [-0.2, 0) is 10.0 Å². The fourth-order valence-electron chi connectivity index (χ4n) is 2.74. The van der Waals surface area contributed by atoms with Crippen LogP contribution in [0.1, 0.15) is 19.3 Å². The predicted molar refractivity (Wildman–Crippen MR) is 83.7 cm³/mol. The summed E-state index contributed by atoms with van der Waals surface area (Å²) in [5, 5.41) is 0. The smallest absolute Gasteiger partial charge is 0.211 e. The molecule has 1 aromatic rings. The van der Waals surface area contributed by atoms with Crippen molar-refractivity contribution in [3.63, 3.8) is 0 Å². The van der Waals surface area contributed by atoms with Crippen LogP contribution in [0, 0.1) is 5.92 Å². The highest BCUT2D eigenvalue weighted by Crippen LogP contribution is 2.22. The van der Waals surface area contributed by atoms with Crippen molar-refractivity contribution in [2.75, 3.05) is 26.0 Å². The van der Waals surface area contributed by atoms with Gasteiger partial charge in [0, 0.05) is 19.1 Å². The molecule has 1 aromatic carbocycles. The van der Waals surface area contributed by atoms with Gasteiger partial charge in [-0.05, 0) is 37.3 Å². The molecule has 0 amide bonds. The molecule has 21 heavy (non-hydrogen) atoms. The van der Waals surface area contributed by atoms with E-state index < -0.39 is 10.0 Å². The van der Waals surface area contributed by atoms with Crippen molar-refractivity contribution < 1.29 is 13.2 Å². The summed E-state index contributed by atoms with van der Waals surface area (Å²) in [6.45, 7) is 1.67. The number of benzene rings is 1. The summed E-state index contributed by atoms with van der Waals surface area (Å²) in [5.74, 6) is 1.14. The van der Waals surface area contributed by atoms with Gasteiger partial charge in [-0.25, -0.2) is 12.7 Å². The van der Waals surface area contributed by atoms with Crippen LogP contribution >= 0.6 is 0 Å². The van der Waals surface area contributed by atoms with Gasteiger partial charge >= 0.3 is 0 Å². The summed E-state index contributed by atoms with van der Waals surface area (Å²) in [7, 11) is -3.09. The first kappa shape index (κ1) is 16.3. The second kappa shape index (κ2) is 7.24. The summed E-state index contributed by atoms with van der Waals surface area (Å²) < 4.78 is 30.4. The van der Waals surface area contributed by atoms with E-state index in [-0.39, 0.29) is 6.04 Å². The molecule has 1 fully saturated rings. The number of ether oxygens (including phenoxy) is 1. The third kappa shape index (κ3) is 5.30. The Labute approximate surface area is 127 Å². The van der Waals surface area contributed by atoms with Crippen LogP contribution in [0.2, 0.25) is 0 Å². The zero-order chi connectivity index (χ0) is 15.3. The SMILES string of the molecule is CS(=O)(=O)N1CCCC(CC(N)COc2ccccc2)C1. The molecule has 2 unspecified atom stereocenters. The summed E-state index contributed by atoms with van der Waals surface area (Å²) in [4.78, 5) is 0. The quantitative estimate of drug-likeness (QED) is 0.863. The topological polar surface area (TPSA) is 72.6 Å². The van der Waals surface area contributed by atoms with Crippen molar-refractivity contribution >= 4 is 10.0 Å². The zero-order valence-electron chi connectivity index (χ0n) is 12.4. The maximum atomic E-state index is 11.6. The van der Waals surface area contributed by atoms with E-state index >= 15 is 0 Å². The minimum absolute atomic E-state index is 0.0743. The van der Waals surface area contributed by atoms with Crippen molar-refractivity contribution in [1.29, 1.82) is 0 Å². The molecule has 0 bridgehead atoms. The predicted octanol–water partition coefficient (Wildman–Crippen LogP) is 1.45. The lowest BCUT2D eigenvalue weighted by atomic mass is 9.93. The Bertz CT molecular complexity index is 533. The standard InChI is InChI=1S/C15H24N2O3S/c1-21(18,19)17-9-5-6-13(11-17)10-14(16)12-20-15-7-3-2-4-8-15/h2-4,7-8,13-14H,5-6,9-12,16H2,1H3. The lowest BCUT2D eigenvalue weighted by molar-refractivity contribution is 0.216. The third-order valence-corrected chi connectivity index (χ3v) is 5.06. The molecular formula is C15H24N2O3S. The van der Waals surface area contributed by atoms with Crippen LogP contribution in [0.25, 0.3) is 0 Å². The fourth-order valence-corrected chi connectivity index (χ4v) is 3.68. The number of hydrogen-bond acceptors (Lipinski definition) is 4. The van der Waals surface area contributed by atoms with Crippen molar-refractivity contribution in [2.24, 2.45) is 11.7 Å². The van der Waals surface area contributed by atoms with Gasteiger partial charge in [-0.15, -0.1) is 0 Å². The molecular weight excluding hydrogens is 288 g/mol. The highest BCUT2D eigenvalue weighted by atomic mass is 32.2. The van der Waals surface area contributed by atoms with Crippen molar-refractivity contribution in [3.8, 4) is 5.75 Å². The van der Waals surface area contributed by atoms with E-state index in [1.165, 1.54) is 6.26 Å². The van der Waals surface area contributed by atoms with Crippen LogP contribution in [0.4, 0.5) is 0 Å². The third-order valence-electron chi connectivity index (χ3n) is 3.79. The minimum Gasteiger partial charge on any atom is -0.492 e. The van der Waals surface area contributed by atoms with E-state index in [0.29, 0.717) is 25.6 Å². The van der Waals surface area contributed by atoms with E-state index in [1.807, 2.05) is 30.3 Å². The van der Waals surface area contributed by atoms with Gasteiger partial charge in [0.15, 0.2) is 0 Å². The molecule has 1 aliphatic rings. The molecule has 0 spiro atoms. The first-order valence-electron chi connectivity index (χ1n) is 7.33. The average Bonchev–Trinajstić information content (AvgIpc) is 2.46. The Morgan fingerprint density at radius 3 is 2.76 bits per heavy atom. The second-order valence-electron chi connectivity index (χ2n) is 5.75. The molecule has 6 heteroatoms. The van der Waals surface area contributed by atoms with E-state index in [9.17, 15) is 8.42 Å². The van der Waals surface area contributed by atoms with Gasteiger partial charge in [0.1, 0.15) is 12.4 Å². The van der Waals surface area contributed by atoms with Crippen LogP contribution < -0.4 is 10.5 Å². The molecule has 1 aliphatic heterocycles. The Balaban J connectivity index is 1.78. The largest absolute Gasteiger partial charge is 0.492 e. The number of sulfonamides is 1. The number of rotatable bonds is 6. The van der Waals surface area contributed by atoms with Gasteiger partial charge in [-0.1, -0.05) is 18.2 Å². The molecule has 2 N–H and O–H groups in total. The lowest BCUT2D eigenvalue weighted by Crippen LogP contribution is -2.41. The minimum atomic E-state index is -3.09. The van der Waals surface area contributed by atoms with Crippen LogP contribution in [-0.4, -0.2) is 44.7 Å². The summed E-state index contributed by atoms with van der Waals surface area (Å²) >= 11 is 0. The molecule has 5 nitrogen and oxygen atoms in total. The molecule has 1 saturated heterocycles. The number of nitrogens with zero attached hydrogens (tertiary/aromatic N) is 1. The first-order valence-corrected chi connectivity index (χ1v) is 9.18.